The Hall–Kier alpha value is -2.51. The molecule has 5 aliphatic heterocycles. The smallest absolute Gasteiger partial charge is 0.303 e. The van der Waals surface area contributed by atoms with E-state index in [-0.39, 0.29) is 0 Å². The second-order valence-corrected chi connectivity index (χ2v) is 15.8. The molecule has 14 N–H and O–H groups in total. The second kappa shape index (κ2) is 22.7. The normalized spacial score (nSPS) is 46.9. The van der Waals surface area contributed by atoms with Crippen LogP contribution in [0.5, 0.6) is 0 Å². The number of carbonyl (C=O) groups excluding carboxylic acids is 3. The largest absolute Gasteiger partial charge is 0.463 e. The van der Waals surface area contributed by atoms with E-state index in [0.717, 1.165) is 20.8 Å². The summed E-state index contributed by atoms with van der Waals surface area (Å²) in [6.07, 6.45) is -46.1. The molecule has 65 heavy (non-hydrogen) atoms. The van der Waals surface area contributed by atoms with Gasteiger partial charge in [-0.25, -0.2) is 0 Å². The lowest BCUT2D eigenvalue weighted by molar-refractivity contribution is -0.424. The van der Waals surface area contributed by atoms with Gasteiger partial charge in [0.2, 0.25) is 5.79 Å². The quantitative estimate of drug-likeness (QED) is 0.0475. The summed E-state index contributed by atoms with van der Waals surface area (Å²) in [6.45, 7) is -2.91. The van der Waals surface area contributed by atoms with Crippen LogP contribution in [0.3, 0.4) is 0 Å². The van der Waals surface area contributed by atoms with Crippen molar-refractivity contribution in [1.82, 2.24) is 0 Å². The minimum absolute atomic E-state index is 0.807. The van der Waals surface area contributed by atoms with Crippen molar-refractivity contribution in [3.05, 3.63) is 0 Å². The average Bonchev–Trinajstić information content (AvgIpc) is 3.51. The Labute approximate surface area is 367 Å². The number of aliphatic hydroxyl groups excluding tert-OH is 14. The van der Waals surface area contributed by atoms with Crippen molar-refractivity contribution >= 4 is 17.9 Å². The molecule has 0 aromatic carbocycles. The van der Waals surface area contributed by atoms with E-state index in [4.69, 9.17) is 56.8 Å². The van der Waals surface area contributed by atoms with Crippen molar-refractivity contribution in [2.45, 2.75) is 168 Å². The van der Waals surface area contributed by atoms with Gasteiger partial charge in [-0.2, -0.15) is 0 Å². The molecule has 0 aromatic rings. The van der Waals surface area contributed by atoms with Crippen LogP contribution in [0.2, 0.25) is 0 Å². The van der Waals surface area contributed by atoms with Gasteiger partial charge in [-0.1, -0.05) is 0 Å². The summed E-state index contributed by atoms with van der Waals surface area (Å²) in [7, 11) is 0. The van der Waals surface area contributed by atoms with Crippen molar-refractivity contribution in [3.8, 4) is 0 Å². The monoisotopic (exact) mass is 954 g/mol. The van der Waals surface area contributed by atoms with Gasteiger partial charge in [-0.15, -0.1) is 0 Å². The lowest BCUT2D eigenvalue weighted by Gasteiger charge is -2.51. The lowest BCUT2D eigenvalue weighted by Crippen LogP contribution is -2.69. The van der Waals surface area contributed by atoms with Crippen LogP contribution in [0.1, 0.15) is 20.8 Å². The summed E-state index contributed by atoms with van der Waals surface area (Å²) in [4.78, 5) is 36.4. The predicted octanol–water partition coefficient (Wildman–Crippen LogP) is -10.2. The third-order valence-corrected chi connectivity index (χ3v) is 11.2. The first-order valence-corrected chi connectivity index (χ1v) is 20.2. The Balaban J connectivity index is 1.61. The summed E-state index contributed by atoms with van der Waals surface area (Å²) < 4.78 is 67.8. The first-order valence-electron chi connectivity index (χ1n) is 20.2. The van der Waals surface area contributed by atoms with Crippen LogP contribution >= 0.6 is 0 Å². The highest BCUT2D eigenvalue weighted by molar-refractivity contribution is 5.67. The molecule has 24 atom stereocenters. The Kier molecular flexibility index (Phi) is 18.7. The molecule has 5 heterocycles. The fraction of sp³-hybridized carbons (Fsp3) is 0.917. The maximum atomic E-state index is 12.4. The van der Waals surface area contributed by atoms with Gasteiger partial charge in [-0.05, 0) is 0 Å². The first kappa shape index (κ1) is 53.4. The first-order chi connectivity index (χ1) is 30.6. The van der Waals surface area contributed by atoms with Crippen molar-refractivity contribution in [3.63, 3.8) is 0 Å². The summed E-state index contributed by atoms with van der Waals surface area (Å²) in [5, 5.41) is 149. The van der Waals surface area contributed by atoms with Gasteiger partial charge in [0.25, 0.3) is 0 Å². The summed E-state index contributed by atoms with van der Waals surface area (Å²) in [6, 6.07) is 0. The molecule has 29 nitrogen and oxygen atoms in total. The van der Waals surface area contributed by atoms with Crippen LogP contribution in [0.4, 0.5) is 0 Å². The van der Waals surface area contributed by atoms with Crippen LogP contribution in [-0.2, 0) is 71.2 Å². The van der Waals surface area contributed by atoms with Gasteiger partial charge in [0, 0.05) is 20.8 Å². The summed E-state index contributed by atoms with van der Waals surface area (Å²) in [5.41, 5.74) is 0. The number of ether oxygens (including phenoxy) is 12. The van der Waals surface area contributed by atoms with E-state index in [0.29, 0.717) is 0 Å². The van der Waals surface area contributed by atoms with Gasteiger partial charge in [0.15, 0.2) is 31.3 Å². The number of carbonyl (C=O) groups is 3. The molecule has 29 heteroatoms. The molecule has 0 unspecified atom stereocenters. The summed E-state index contributed by atoms with van der Waals surface area (Å²) >= 11 is 0. The van der Waals surface area contributed by atoms with Gasteiger partial charge in [0.1, 0.15) is 130 Å². The van der Waals surface area contributed by atoms with E-state index in [1.807, 2.05) is 0 Å². The average molecular weight is 955 g/mol. The molecular formula is C36H58O29. The molecule has 0 amide bonds. The van der Waals surface area contributed by atoms with Gasteiger partial charge in [0.05, 0.1) is 19.8 Å². The highest BCUT2D eigenvalue weighted by atomic mass is 16.8. The molecule has 376 valence electrons. The maximum absolute atomic E-state index is 12.4. The highest BCUT2D eigenvalue weighted by Crippen LogP contribution is 2.40. The molecule has 0 aromatic heterocycles. The van der Waals surface area contributed by atoms with E-state index >= 15 is 0 Å². The van der Waals surface area contributed by atoms with Crippen molar-refractivity contribution in [2.75, 3.05) is 39.6 Å². The molecule has 5 aliphatic rings. The molecule has 0 radical (unpaired) electrons. The Morgan fingerprint density at radius 2 is 0.877 bits per heavy atom. The predicted molar refractivity (Wildman–Crippen MR) is 195 cm³/mol. The SMILES string of the molecule is CC(=O)OC[C@H]1O[C@H](O[C@@]2(CO)O[C@H](CO)[C@@H](O)[C@@H]2O)[C@H](O[C@@H]2O[C@H](CO)[C@@H](O)[C@H](O)[C@H]2O)[C@@H](O[C@@H]2O[C@H](COC(C)=O)[C@@H](OC(C)=O)[C@H](O[C@@H]3O[C@H](CO)[C@@H](O)[C@H](O)[C@H]3O)[C@H]2O)[C@@H]1O. The zero-order valence-electron chi connectivity index (χ0n) is 34.9. The molecule has 5 saturated heterocycles. The van der Waals surface area contributed by atoms with Crippen LogP contribution in [0, 0.1) is 0 Å². The second-order valence-electron chi connectivity index (χ2n) is 15.8. The minimum atomic E-state index is -2.73. The Bertz CT molecular complexity index is 1560. The minimum Gasteiger partial charge on any atom is -0.463 e. The molecule has 5 fully saturated rings. The number of aliphatic hydroxyl groups is 14. The van der Waals surface area contributed by atoms with Crippen LogP contribution in [0.15, 0.2) is 0 Å². The zero-order chi connectivity index (χ0) is 48.2. The van der Waals surface area contributed by atoms with Gasteiger partial charge < -0.3 is 128 Å². The fourth-order valence-electron chi connectivity index (χ4n) is 7.74. The topological polar surface area (TPSA) is 445 Å². The lowest BCUT2D eigenvalue weighted by atomic mass is 9.95. The van der Waals surface area contributed by atoms with E-state index in [1.165, 1.54) is 0 Å². The number of hydrogen-bond donors (Lipinski definition) is 14. The molecule has 0 spiro atoms. The molecule has 5 rings (SSSR count). The van der Waals surface area contributed by atoms with Crippen molar-refractivity contribution in [2.24, 2.45) is 0 Å². The van der Waals surface area contributed by atoms with E-state index in [1.54, 1.807) is 0 Å². The molecule has 0 aliphatic carbocycles. The maximum Gasteiger partial charge on any atom is 0.303 e. The standard InChI is InChI=1S/C36H58O29/c1-10(41)54-7-16-20(46)28(30(63-33-25(51)23(49)19(45)14(5-38)58-33)35(59-16)65-36(9-40)31(53)21(47)15(6-39)64-36)61-34-26(52)29(27(56-12(3)43)17(60-34)8-55-11(2)42)62-32-24(50)22(48)18(44)13(4-37)57-32/h13-35,37-40,44-53H,4-9H2,1-3H3/t13-,14-,15-,16-,17-,18-,19-,20-,21-,22+,23+,24-,25-,26-,27-,28+,29-,30-,31+,32+,33+,34+,35-,36-/m1/s1. The molecule has 0 saturated carbocycles. The van der Waals surface area contributed by atoms with E-state index in [9.17, 15) is 85.9 Å². The fourth-order valence-corrected chi connectivity index (χ4v) is 7.74. The summed E-state index contributed by atoms with van der Waals surface area (Å²) in [5.74, 6) is -5.60. The van der Waals surface area contributed by atoms with Crippen LogP contribution < -0.4 is 0 Å². The van der Waals surface area contributed by atoms with Crippen LogP contribution in [-0.4, -0.2) is 276 Å². The third kappa shape index (κ3) is 11.7. The van der Waals surface area contributed by atoms with E-state index in [2.05, 4.69) is 0 Å². The Morgan fingerprint density at radius 1 is 0.446 bits per heavy atom. The zero-order valence-corrected chi connectivity index (χ0v) is 34.9. The highest BCUT2D eigenvalue weighted by Gasteiger charge is 2.62. The van der Waals surface area contributed by atoms with Crippen molar-refractivity contribution < 1.29 is 143 Å². The van der Waals surface area contributed by atoms with Crippen molar-refractivity contribution in [1.29, 1.82) is 0 Å². The molecular weight excluding hydrogens is 896 g/mol. The van der Waals surface area contributed by atoms with Crippen LogP contribution in [0.25, 0.3) is 0 Å². The van der Waals surface area contributed by atoms with Gasteiger partial charge in [-0.3, -0.25) is 14.4 Å². The number of hydrogen-bond acceptors (Lipinski definition) is 29. The molecule has 0 bridgehead atoms. The Morgan fingerprint density at radius 3 is 1.32 bits per heavy atom. The van der Waals surface area contributed by atoms with Gasteiger partial charge >= 0.3 is 17.9 Å². The number of esters is 3. The van der Waals surface area contributed by atoms with E-state index < -0.39 is 204 Å². The number of rotatable bonds is 17. The third-order valence-electron chi connectivity index (χ3n) is 11.2.